The summed E-state index contributed by atoms with van der Waals surface area (Å²) in [4.78, 5) is 20.1. The fraction of sp³-hybridized carbons (Fsp3) is 0.161. The van der Waals surface area contributed by atoms with E-state index < -0.39 is 0 Å². The molecule has 2 aromatic heterocycles. The van der Waals surface area contributed by atoms with E-state index in [0.717, 1.165) is 43.6 Å². The molecule has 0 aliphatic carbocycles. The van der Waals surface area contributed by atoms with Gasteiger partial charge in [-0.05, 0) is 66.8 Å². The Balaban J connectivity index is 1.58. The van der Waals surface area contributed by atoms with Crippen molar-refractivity contribution in [3.05, 3.63) is 112 Å². The lowest BCUT2D eigenvalue weighted by Gasteiger charge is -2.12. The molecule has 5 aromatic rings. The van der Waals surface area contributed by atoms with E-state index in [2.05, 4.69) is 16.0 Å². The molecular weight excluding hydrogens is 526 g/mol. The van der Waals surface area contributed by atoms with Gasteiger partial charge in [0.25, 0.3) is 5.91 Å². The van der Waals surface area contributed by atoms with Crippen LogP contribution in [-0.2, 0) is 13.0 Å². The molecule has 0 aliphatic rings. The summed E-state index contributed by atoms with van der Waals surface area (Å²) >= 11 is 3.12. The molecule has 0 saturated heterocycles. The summed E-state index contributed by atoms with van der Waals surface area (Å²) in [6, 6.07) is 27.6. The molecule has 5 rings (SSSR count). The molecule has 39 heavy (non-hydrogen) atoms. The molecule has 0 atom stereocenters. The Labute approximate surface area is 235 Å². The van der Waals surface area contributed by atoms with E-state index >= 15 is 0 Å². The third-order valence-corrected chi connectivity index (χ3v) is 8.13. The minimum Gasteiger partial charge on any atom is -0.493 e. The first-order valence-corrected chi connectivity index (χ1v) is 14.2. The number of thiophene rings is 1. The number of amides is 1. The molecule has 0 saturated carbocycles. The predicted octanol–water partition coefficient (Wildman–Crippen LogP) is 7.33. The Kier molecular flexibility index (Phi) is 8.24. The van der Waals surface area contributed by atoms with Gasteiger partial charge in [0.2, 0.25) is 0 Å². The molecule has 6 nitrogen and oxygen atoms in total. The van der Waals surface area contributed by atoms with Crippen LogP contribution in [0.4, 0.5) is 10.7 Å². The summed E-state index contributed by atoms with van der Waals surface area (Å²) in [5.74, 6) is 1.25. The Morgan fingerprint density at radius 3 is 2.38 bits per heavy atom. The van der Waals surface area contributed by atoms with E-state index in [1.165, 1.54) is 11.3 Å². The van der Waals surface area contributed by atoms with Crippen molar-refractivity contribution in [1.82, 2.24) is 4.57 Å². The van der Waals surface area contributed by atoms with Crippen molar-refractivity contribution < 1.29 is 14.3 Å². The van der Waals surface area contributed by atoms with Crippen LogP contribution in [0.5, 0.6) is 11.5 Å². The maximum atomic E-state index is 13.3. The topological polar surface area (TPSA) is 64.8 Å². The number of methoxy groups -OCH3 is 2. The average molecular weight is 556 g/mol. The van der Waals surface area contributed by atoms with Crippen LogP contribution in [0, 0.1) is 6.92 Å². The highest BCUT2D eigenvalue weighted by atomic mass is 32.1. The molecule has 1 N–H and O–H groups in total. The number of nitrogens with zero attached hydrogens (tertiary/aromatic N) is 2. The minimum absolute atomic E-state index is 0.146. The first kappa shape index (κ1) is 26.5. The number of anilines is 1. The SMILES string of the molecule is COc1ccc(CCn2c(-c3cccs3)c(NC(=O)c3ccc(C)cc3)sc2=Nc2ccccc2)cc1OC. The molecular formula is C31H29N3O3S2. The van der Waals surface area contributed by atoms with Crippen molar-refractivity contribution in [1.29, 1.82) is 0 Å². The van der Waals surface area contributed by atoms with Gasteiger partial charge >= 0.3 is 0 Å². The van der Waals surface area contributed by atoms with Crippen molar-refractivity contribution in [2.75, 3.05) is 19.5 Å². The molecule has 0 radical (unpaired) electrons. The fourth-order valence-electron chi connectivity index (χ4n) is 4.22. The number of ether oxygens (including phenoxy) is 2. The number of carbonyl (C=O) groups excluding carboxylic acids is 1. The molecule has 8 heteroatoms. The van der Waals surface area contributed by atoms with Crippen molar-refractivity contribution in [2.24, 2.45) is 4.99 Å². The highest BCUT2D eigenvalue weighted by Gasteiger charge is 2.20. The largest absolute Gasteiger partial charge is 0.493 e. The van der Waals surface area contributed by atoms with Gasteiger partial charge in [-0.15, -0.1) is 11.3 Å². The highest BCUT2D eigenvalue weighted by Crippen LogP contribution is 2.35. The van der Waals surface area contributed by atoms with Gasteiger partial charge in [0.15, 0.2) is 16.3 Å². The number of hydrogen-bond donors (Lipinski definition) is 1. The van der Waals surface area contributed by atoms with Crippen LogP contribution in [0.1, 0.15) is 21.5 Å². The van der Waals surface area contributed by atoms with E-state index in [4.69, 9.17) is 14.5 Å². The van der Waals surface area contributed by atoms with Gasteiger partial charge in [-0.3, -0.25) is 4.79 Å². The number of rotatable bonds is 9. The number of hydrogen-bond acceptors (Lipinski definition) is 6. The summed E-state index contributed by atoms with van der Waals surface area (Å²) in [6.45, 7) is 2.67. The van der Waals surface area contributed by atoms with Crippen LogP contribution in [0.25, 0.3) is 10.6 Å². The molecule has 1 amide bonds. The first-order chi connectivity index (χ1) is 19.1. The van der Waals surface area contributed by atoms with E-state index in [0.29, 0.717) is 23.6 Å². The van der Waals surface area contributed by atoms with Crippen molar-refractivity contribution in [3.63, 3.8) is 0 Å². The molecule has 0 fully saturated rings. The van der Waals surface area contributed by atoms with Gasteiger partial charge < -0.3 is 19.4 Å². The zero-order chi connectivity index (χ0) is 27.2. The summed E-state index contributed by atoms with van der Waals surface area (Å²) in [7, 11) is 3.28. The third-order valence-electron chi connectivity index (χ3n) is 6.26. The Bertz CT molecular complexity index is 1620. The standard InChI is InChI=1S/C31H29N3O3S2/c1-21-11-14-23(15-12-21)29(35)33-30-28(27-10-7-19-38-27)34(31(39-30)32-24-8-5-4-6-9-24)18-17-22-13-16-25(36-2)26(20-22)37-3/h4-16,19-20H,17-18H2,1-3H3,(H,33,35). The number of nitrogens with one attached hydrogen (secondary N) is 1. The summed E-state index contributed by atoms with van der Waals surface area (Å²) < 4.78 is 13.1. The molecule has 0 spiro atoms. The quantitative estimate of drug-likeness (QED) is 0.207. The number of carbonyl (C=O) groups is 1. The Morgan fingerprint density at radius 1 is 0.923 bits per heavy atom. The first-order valence-electron chi connectivity index (χ1n) is 12.5. The van der Waals surface area contributed by atoms with Crippen molar-refractivity contribution in [3.8, 4) is 22.1 Å². The number of para-hydroxylation sites is 1. The monoisotopic (exact) mass is 555 g/mol. The van der Waals surface area contributed by atoms with Crippen LogP contribution in [-0.4, -0.2) is 24.7 Å². The van der Waals surface area contributed by atoms with Gasteiger partial charge in [0.1, 0.15) is 5.00 Å². The average Bonchev–Trinajstić information content (AvgIpc) is 3.60. The van der Waals surface area contributed by atoms with Crippen LogP contribution in [0.2, 0.25) is 0 Å². The molecule has 198 valence electrons. The number of thiazole rings is 1. The van der Waals surface area contributed by atoms with E-state index in [1.807, 2.05) is 91.2 Å². The predicted molar refractivity (Wildman–Crippen MR) is 160 cm³/mol. The third kappa shape index (κ3) is 6.13. The van der Waals surface area contributed by atoms with Gasteiger partial charge in [0, 0.05) is 12.1 Å². The fourth-order valence-corrected chi connectivity index (χ4v) is 6.15. The van der Waals surface area contributed by atoms with Crippen LogP contribution in [0.3, 0.4) is 0 Å². The zero-order valence-electron chi connectivity index (χ0n) is 22.0. The number of benzene rings is 3. The Hall–Kier alpha value is -4.14. The second-order valence-electron chi connectivity index (χ2n) is 8.90. The summed E-state index contributed by atoms with van der Waals surface area (Å²) in [5, 5.41) is 6.00. The lowest BCUT2D eigenvalue weighted by molar-refractivity contribution is 0.102. The molecule has 0 bridgehead atoms. The number of aromatic nitrogens is 1. The van der Waals surface area contributed by atoms with E-state index in [9.17, 15) is 4.79 Å². The lowest BCUT2D eigenvalue weighted by atomic mass is 10.1. The van der Waals surface area contributed by atoms with Gasteiger partial charge in [-0.25, -0.2) is 4.99 Å². The molecule has 3 aromatic carbocycles. The van der Waals surface area contributed by atoms with E-state index in [1.54, 1.807) is 25.6 Å². The smallest absolute Gasteiger partial charge is 0.256 e. The van der Waals surface area contributed by atoms with Crippen molar-refractivity contribution in [2.45, 2.75) is 19.9 Å². The van der Waals surface area contributed by atoms with Crippen LogP contribution >= 0.6 is 22.7 Å². The minimum atomic E-state index is -0.146. The normalized spacial score (nSPS) is 11.4. The van der Waals surface area contributed by atoms with Gasteiger partial charge in [-0.1, -0.05) is 59.4 Å². The molecule has 0 unspecified atom stereocenters. The van der Waals surface area contributed by atoms with Crippen LogP contribution in [0.15, 0.2) is 95.3 Å². The maximum Gasteiger partial charge on any atom is 0.256 e. The zero-order valence-corrected chi connectivity index (χ0v) is 23.6. The van der Waals surface area contributed by atoms with E-state index in [-0.39, 0.29) is 5.91 Å². The Morgan fingerprint density at radius 2 is 1.69 bits per heavy atom. The van der Waals surface area contributed by atoms with Gasteiger partial charge in [0.05, 0.1) is 30.5 Å². The maximum absolute atomic E-state index is 13.3. The van der Waals surface area contributed by atoms with Crippen molar-refractivity contribution >= 4 is 39.3 Å². The summed E-state index contributed by atoms with van der Waals surface area (Å²) in [5.41, 5.74) is 4.64. The second kappa shape index (κ2) is 12.1. The molecule has 0 aliphatic heterocycles. The second-order valence-corrected chi connectivity index (χ2v) is 10.8. The highest BCUT2D eigenvalue weighted by molar-refractivity contribution is 7.16. The van der Waals surface area contributed by atoms with Gasteiger partial charge in [-0.2, -0.15) is 0 Å². The molecule has 2 heterocycles. The number of aryl methyl sites for hydroxylation is 2. The lowest BCUT2D eigenvalue weighted by Crippen LogP contribution is -2.17. The van der Waals surface area contributed by atoms with Crippen LogP contribution < -0.4 is 19.6 Å². The summed E-state index contributed by atoms with van der Waals surface area (Å²) in [6.07, 6.45) is 0.739.